The number of benzene rings is 1. The third kappa shape index (κ3) is 5.88. The number of hydrogen-bond donors (Lipinski definition) is 5. The minimum absolute atomic E-state index is 0.0538. The Morgan fingerprint density at radius 2 is 2.08 bits per heavy atom. The van der Waals surface area contributed by atoms with Crippen LogP contribution >= 0.6 is 0 Å². The fourth-order valence-electron chi connectivity index (χ4n) is 4.74. The molecule has 2 amide bonds. The minimum atomic E-state index is -4.37. The molecule has 36 heavy (non-hydrogen) atoms. The lowest BCUT2D eigenvalue weighted by molar-refractivity contribution is -0.144. The number of H-pyrrole nitrogens is 1. The van der Waals surface area contributed by atoms with Gasteiger partial charge in [-0.3, -0.25) is 9.59 Å². The average Bonchev–Trinajstić information content (AvgIpc) is 3.17. The van der Waals surface area contributed by atoms with Gasteiger partial charge in [0.15, 0.2) is 0 Å². The number of fused-ring (bicyclic) bond motifs is 2. The number of carbonyl (C=O) groups excluding carboxylic acids is 2. The van der Waals surface area contributed by atoms with Crippen molar-refractivity contribution in [3.05, 3.63) is 41.5 Å². The summed E-state index contributed by atoms with van der Waals surface area (Å²) in [6.07, 6.45) is -2.99. The van der Waals surface area contributed by atoms with Crippen LogP contribution in [0.15, 0.2) is 30.1 Å². The van der Waals surface area contributed by atoms with Crippen LogP contribution in [0.25, 0.3) is 11.0 Å². The molecule has 2 aliphatic rings. The van der Waals surface area contributed by atoms with E-state index >= 15 is 0 Å². The van der Waals surface area contributed by atoms with Crippen LogP contribution < -0.4 is 22.2 Å². The zero-order valence-corrected chi connectivity index (χ0v) is 19.4. The molecule has 10 nitrogen and oxygen atoms in total. The fourth-order valence-corrected chi connectivity index (χ4v) is 4.74. The van der Waals surface area contributed by atoms with Crippen LogP contribution in [-0.4, -0.2) is 39.5 Å². The van der Waals surface area contributed by atoms with Gasteiger partial charge in [-0.1, -0.05) is 6.07 Å². The van der Waals surface area contributed by atoms with E-state index in [9.17, 15) is 22.8 Å². The summed E-state index contributed by atoms with van der Waals surface area (Å²) in [5.41, 5.74) is 7.84. The molecule has 1 heterocycles. The van der Waals surface area contributed by atoms with Crippen LogP contribution in [0.5, 0.6) is 0 Å². The number of hydrazine groups is 1. The average molecular weight is 505 g/mol. The van der Waals surface area contributed by atoms with Crippen molar-refractivity contribution in [2.24, 2.45) is 28.8 Å². The minimum Gasteiger partial charge on any atom is -0.393 e. The highest BCUT2D eigenvalue weighted by Gasteiger charge is 2.67. The number of hydrogen-bond acceptors (Lipinski definition) is 7. The third-order valence-electron chi connectivity index (χ3n) is 6.73. The molecule has 2 aliphatic carbocycles. The maximum absolute atomic E-state index is 12.4. The normalized spacial score (nSPS) is 22.8. The van der Waals surface area contributed by atoms with Crippen molar-refractivity contribution in [3.8, 4) is 6.07 Å². The molecule has 0 bridgehead atoms. The molecule has 3 atom stereocenters. The topological polar surface area (TPSA) is 166 Å². The molecule has 1 aromatic carbocycles. The van der Waals surface area contributed by atoms with Gasteiger partial charge in [-0.15, -0.1) is 0 Å². The van der Waals surface area contributed by atoms with Crippen molar-refractivity contribution in [3.63, 3.8) is 0 Å². The quantitative estimate of drug-likeness (QED) is 0.186. The lowest BCUT2D eigenvalue weighted by atomic mass is 9.75. The van der Waals surface area contributed by atoms with Crippen molar-refractivity contribution in [1.82, 2.24) is 25.6 Å². The second-order valence-electron chi connectivity index (χ2n) is 9.48. The van der Waals surface area contributed by atoms with Crippen molar-refractivity contribution in [1.29, 1.82) is 5.26 Å². The molecule has 2 aromatic rings. The van der Waals surface area contributed by atoms with Crippen LogP contribution in [0.3, 0.4) is 0 Å². The predicted molar refractivity (Wildman–Crippen MR) is 122 cm³/mol. The standard InChI is InChI=1S/C23H27F3N8O2/c24-23(25,26)4-3-20(35)30-9-13-1-2-17-18(5-13)33-19(32-17)10-31-21(36)16(28)11-34(29)12-22-6-14(8-27)15(22)7-22/h1-2,5,11,14-15H,3-4,6-7,9-10,12,28-29H2,(H,30,35)(H,31,36)(H,32,33)/b16-11-. The Morgan fingerprint density at radius 3 is 2.78 bits per heavy atom. The van der Waals surface area contributed by atoms with E-state index < -0.39 is 30.8 Å². The second kappa shape index (κ2) is 9.69. The molecular formula is C23H27F3N8O2. The summed E-state index contributed by atoms with van der Waals surface area (Å²) in [6.45, 7) is 0.693. The van der Waals surface area contributed by atoms with E-state index in [4.69, 9.17) is 16.8 Å². The molecule has 192 valence electrons. The molecule has 7 N–H and O–H groups in total. The van der Waals surface area contributed by atoms with Crippen molar-refractivity contribution < 1.29 is 22.8 Å². The van der Waals surface area contributed by atoms with Crippen molar-refractivity contribution in [2.45, 2.75) is 44.9 Å². The number of aromatic amines is 1. The number of rotatable bonds is 10. The Morgan fingerprint density at radius 1 is 1.31 bits per heavy atom. The summed E-state index contributed by atoms with van der Waals surface area (Å²) >= 11 is 0. The van der Waals surface area contributed by atoms with Gasteiger partial charge < -0.3 is 26.4 Å². The summed E-state index contributed by atoms with van der Waals surface area (Å²) in [4.78, 5) is 31.4. The van der Waals surface area contributed by atoms with E-state index in [0.29, 0.717) is 34.9 Å². The first-order valence-corrected chi connectivity index (χ1v) is 11.5. The van der Waals surface area contributed by atoms with Gasteiger partial charge in [0.1, 0.15) is 11.5 Å². The molecule has 0 radical (unpaired) electrons. The molecule has 4 rings (SSSR count). The van der Waals surface area contributed by atoms with E-state index in [1.54, 1.807) is 18.2 Å². The van der Waals surface area contributed by atoms with Gasteiger partial charge in [-0.25, -0.2) is 10.8 Å². The summed E-state index contributed by atoms with van der Waals surface area (Å²) in [7, 11) is 0. The van der Waals surface area contributed by atoms with Crippen LogP contribution in [0.2, 0.25) is 0 Å². The molecule has 2 saturated carbocycles. The lowest BCUT2D eigenvalue weighted by Crippen LogP contribution is -2.40. The molecule has 13 heteroatoms. The maximum Gasteiger partial charge on any atom is 0.389 e. The first-order chi connectivity index (χ1) is 17.0. The van der Waals surface area contributed by atoms with E-state index in [0.717, 1.165) is 12.8 Å². The fraction of sp³-hybridized carbons (Fsp3) is 0.478. The van der Waals surface area contributed by atoms with Gasteiger partial charge in [0.05, 0.1) is 36.0 Å². The summed E-state index contributed by atoms with van der Waals surface area (Å²) in [5.74, 6) is 5.76. The highest BCUT2D eigenvalue weighted by atomic mass is 19.4. The summed E-state index contributed by atoms with van der Waals surface area (Å²) < 4.78 is 36.7. The number of aromatic nitrogens is 2. The van der Waals surface area contributed by atoms with E-state index in [1.165, 1.54) is 11.2 Å². The zero-order valence-electron chi connectivity index (χ0n) is 19.4. The first-order valence-electron chi connectivity index (χ1n) is 11.5. The Kier molecular flexibility index (Phi) is 6.81. The Hall–Kier alpha value is -3.79. The second-order valence-corrected chi connectivity index (χ2v) is 9.48. The molecule has 0 saturated heterocycles. The number of halogens is 3. The van der Waals surface area contributed by atoms with Gasteiger partial charge in [0.2, 0.25) is 5.91 Å². The monoisotopic (exact) mass is 504 g/mol. The smallest absolute Gasteiger partial charge is 0.389 e. The third-order valence-corrected chi connectivity index (χ3v) is 6.73. The summed E-state index contributed by atoms with van der Waals surface area (Å²) in [5, 5.41) is 15.5. The Labute approximate surface area is 204 Å². The number of nitriles is 1. The highest BCUT2D eigenvalue weighted by molar-refractivity contribution is 5.92. The van der Waals surface area contributed by atoms with Crippen LogP contribution in [-0.2, 0) is 22.7 Å². The molecule has 2 fully saturated rings. The van der Waals surface area contributed by atoms with E-state index in [1.807, 2.05) is 0 Å². The van der Waals surface area contributed by atoms with Crippen molar-refractivity contribution >= 4 is 22.8 Å². The van der Waals surface area contributed by atoms with Gasteiger partial charge in [-0.05, 0) is 41.9 Å². The largest absolute Gasteiger partial charge is 0.393 e. The van der Waals surface area contributed by atoms with E-state index in [-0.39, 0.29) is 30.1 Å². The van der Waals surface area contributed by atoms with Gasteiger partial charge in [-0.2, -0.15) is 18.4 Å². The number of nitrogens with two attached hydrogens (primary N) is 2. The van der Waals surface area contributed by atoms with Crippen LogP contribution in [0.1, 0.15) is 37.1 Å². The van der Waals surface area contributed by atoms with Crippen molar-refractivity contribution in [2.75, 3.05) is 6.54 Å². The Balaban J connectivity index is 1.25. The number of alkyl halides is 3. The number of carbonyl (C=O) groups is 2. The van der Waals surface area contributed by atoms with Gasteiger partial charge in [0, 0.05) is 25.7 Å². The lowest BCUT2D eigenvalue weighted by Gasteiger charge is -2.33. The van der Waals surface area contributed by atoms with Gasteiger partial charge >= 0.3 is 6.18 Å². The molecule has 0 aliphatic heterocycles. The first kappa shape index (κ1) is 25.3. The van der Waals surface area contributed by atoms with Crippen LogP contribution in [0.4, 0.5) is 13.2 Å². The highest BCUT2D eigenvalue weighted by Crippen LogP contribution is 2.70. The Bertz CT molecular complexity index is 1230. The number of nitrogens with one attached hydrogen (secondary N) is 3. The zero-order chi connectivity index (χ0) is 26.1. The predicted octanol–water partition coefficient (Wildman–Crippen LogP) is 1.66. The molecular weight excluding hydrogens is 477 g/mol. The number of amides is 2. The molecule has 3 unspecified atom stereocenters. The molecule has 1 aromatic heterocycles. The summed E-state index contributed by atoms with van der Waals surface area (Å²) in [6, 6.07) is 7.42. The number of nitrogens with zero attached hydrogens (tertiary/aromatic N) is 3. The SMILES string of the molecule is N#CC1CC2(CN(N)/C=C(\N)C(=O)NCc3nc4ccc(CNC(=O)CCC(F)(F)F)cc4[nH]3)CC12. The van der Waals surface area contributed by atoms with E-state index in [2.05, 4.69) is 26.7 Å². The van der Waals surface area contributed by atoms with Crippen LogP contribution in [0, 0.1) is 28.6 Å². The number of imidazole rings is 1. The van der Waals surface area contributed by atoms with Gasteiger partial charge in [0.25, 0.3) is 5.91 Å². The maximum atomic E-state index is 12.4. The molecule has 0 spiro atoms.